The van der Waals surface area contributed by atoms with Crippen LogP contribution in [-0.4, -0.2) is 48.2 Å². The second kappa shape index (κ2) is 6.36. The molecule has 0 aromatic heterocycles. The van der Waals surface area contributed by atoms with Crippen LogP contribution in [0.2, 0.25) is 0 Å². The summed E-state index contributed by atoms with van der Waals surface area (Å²) in [7, 11) is 3.68. The van der Waals surface area contributed by atoms with Crippen molar-refractivity contribution in [1.29, 1.82) is 0 Å². The van der Waals surface area contributed by atoms with Gasteiger partial charge in [0.05, 0.1) is 6.17 Å². The number of carbonyl (C=O) groups excluding carboxylic acids is 1. The summed E-state index contributed by atoms with van der Waals surface area (Å²) >= 11 is 0. The van der Waals surface area contributed by atoms with E-state index in [2.05, 4.69) is 5.32 Å². The van der Waals surface area contributed by atoms with Gasteiger partial charge in [0.2, 0.25) is 5.91 Å². The lowest BCUT2D eigenvalue weighted by molar-refractivity contribution is -0.140. The van der Waals surface area contributed by atoms with Crippen molar-refractivity contribution in [3.8, 4) is 0 Å². The van der Waals surface area contributed by atoms with Crippen molar-refractivity contribution in [2.45, 2.75) is 32.0 Å². The molecule has 0 heterocycles. The molecule has 0 saturated carbocycles. The van der Waals surface area contributed by atoms with E-state index in [-0.39, 0.29) is 19.0 Å². The predicted molar refractivity (Wildman–Crippen MR) is 56.1 cm³/mol. The molecular weight excluding hydrogens is 198 g/mol. The van der Waals surface area contributed by atoms with Crippen LogP contribution in [0.3, 0.4) is 0 Å². The smallest absolute Gasteiger partial charge is 0.320 e. The minimum Gasteiger partial charge on any atom is -0.480 e. The fourth-order valence-corrected chi connectivity index (χ4v) is 1.00. The number of nitrogens with two attached hydrogens (primary N) is 1. The summed E-state index contributed by atoms with van der Waals surface area (Å²) in [5.41, 5.74) is 4.96. The number of carboxylic acids is 1. The molecule has 0 aliphatic heterocycles. The first-order valence-corrected chi connectivity index (χ1v) is 4.78. The van der Waals surface area contributed by atoms with Crippen LogP contribution in [0, 0.1) is 0 Å². The Labute approximate surface area is 89.4 Å². The van der Waals surface area contributed by atoms with Gasteiger partial charge in [-0.15, -0.1) is 0 Å². The lowest BCUT2D eigenvalue weighted by Gasteiger charge is -2.25. The van der Waals surface area contributed by atoms with E-state index in [1.807, 2.05) is 25.9 Å². The Morgan fingerprint density at radius 2 is 2.00 bits per heavy atom. The first-order valence-electron chi connectivity index (χ1n) is 4.78. The van der Waals surface area contributed by atoms with Crippen LogP contribution in [0.15, 0.2) is 0 Å². The zero-order chi connectivity index (χ0) is 12.0. The molecule has 0 saturated heterocycles. The Kier molecular flexibility index (Phi) is 5.88. The summed E-state index contributed by atoms with van der Waals surface area (Å²) in [4.78, 5) is 23.2. The van der Waals surface area contributed by atoms with Gasteiger partial charge in [-0.2, -0.15) is 0 Å². The molecule has 15 heavy (non-hydrogen) atoms. The minimum absolute atomic E-state index is 0.0704. The van der Waals surface area contributed by atoms with Gasteiger partial charge in [-0.05, 0) is 27.4 Å². The maximum absolute atomic E-state index is 10.8. The Bertz CT molecular complexity index is 231. The summed E-state index contributed by atoms with van der Waals surface area (Å²) in [5, 5.41) is 11.8. The van der Waals surface area contributed by atoms with Crippen LogP contribution in [0.1, 0.15) is 19.8 Å². The van der Waals surface area contributed by atoms with Gasteiger partial charge in [0.15, 0.2) is 0 Å². The summed E-state index contributed by atoms with van der Waals surface area (Å²) in [6.07, 6.45) is 0.214. The Hall–Kier alpha value is -1.14. The van der Waals surface area contributed by atoms with Crippen LogP contribution < -0.4 is 11.1 Å². The SMILES string of the molecule is CC(N[C@@H](CCC(N)=O)C(=O)O)N(C)C. The molecule has 6 heteroatoms. The highest BCUT2D eigenvalue weighted by molar-refractivity contribution is 5.77. The Morgan fingerprint density at radius 1 is 1.47 bits per heavy atom. The molecule has 0 bridgehead atoms. The van der Waals surface area contributed by atoms with Gasteiger partial charge >= 0.3 is 5.97 Å². The molecule has 4 N–H and O–H groups in total. The van der Waals surface area contributed by atoms with Crippen LogP contribution in [0.4, 0.5) is 0 Å². The third-order valence-electron chi connectivity index (χ3n) is 2.19. The van der Waals surface area contributed by atoms with Gasteiger partial charge in [-0.1, -0.05) is 0 Å². The van der Waals surface area contributed by atoms with Crippen molar-refractivity contribution in [1.82, 2.24) is 10.2 Å². The summed E-state index contributed by atoms with van der Waals surface area (Å²) in [6.45, 7) is 1.85. The number of aliphatic carboxylic acids is 1. The molecular formula is C9H19N3O3. The van der Waals surface area contributed by atoms with Gasteiger partial charge in [0, 0.05) is 6.42 Å². The van der Waals surface area contributed by atoms with Gasteiger partial charge < -0.3 is 10.8 Å². The predicted octanol–water partition coefficient (Wildman–Crippen LogP) is -0.798. The second-order valence-electron chi connectivity index (χ2n) is 3.70. The lowest BCUT2D eigenvalue weighted by Crippen LogP contribution is -2.48. The van der Waals surface area contributed by atoms with Crippen LogP contribution in [0.25, 0.3) is 0 Å². The molecule has 0 aromatic carbocycles. The molecule has 0 radical (unpaired) electrons. The van der Waals surface area contributed by atoms with Gasteiger partial charge in [0.25, 0.3) is 0 Å². The number of hydrogen-bond donors (Lipinski definition) is 3. The molecule has 0 aliphatic carbocycles. The van der Waals surface area contributed by atoms with Crippen molar-refractivity contribution in [3.63, 3.8) is 0 Å². The monoisotopic (exact) mass is 217 g/mol. The molecule has 2 atom stereocenters. The summed E-state index contributed by atoms with van der Waals surface area (Å²) in [6, 6.07) is -0.741. The van der Waals surface area contributed by atoms with Gasteiger partial charge in [0.1, 0.15) is 6.04 Å². The largest absolute Gasteiger partial charge is 0.480 e. The first-order chi connectivity index (χ1) is 6.84. The van der Waals surface area contributed by atoms with Gasteiger partial charge in [-0.25, -0.2) is 0 Å². The highest BCUT2D eigenvalue weighted by atomic mass is 16.4. The quantitative estimate of drug-likeness (QED) is 0.485. The summed E-state index contributed by atoms with van der Waals surface area (Å²) in [5.74, 6) is -1.45. The number of carboxylic acid groups (broad SMARTS) is 1. The van der Waals surface area contributed by atoms with Crippen LogP contribution >= 0.6 is 0 Å². The number of rotatable bonds is 7. The average molecular weight is 217 g/mol. The third kappa shape index (κ3) is 6.03. The third-order valence-corrected chi connectivity index (χ3v) is 2.19. The maximum atomic E-state index is 10.8. The molecule has 0 spiro atoms. The number of primary amides is 1. The first kappa shape index (κ1) is 13.9. The number of amides is 1. The van der Waals surface area contributed by atoms with Crippen molar-refractivity contribution < 1.29 is 14.7 Å². The topological polar surface area (TPSA) is 95.7 Å². The molecule has 0 aliphatic rings. The fraction of sp³-hybridized carbons (Fsp3) is 0.778. The second-order valence-corrected chi connectivity index (χ2v) is 3.70. The van der Waals surface area contributed by atoms with Crippen molar-refractivity contribution in [3.05, 3.63) is 0 Å². The van der Waals surface area contributed by atoms with Crippen LogP contribution in [0.5, 0.6) is 0 Å². The van der Waals surface area contributed by atoms with E-state index in [1.54, 1.807) is 0 Å². The van der Waals surface area contributed by atoms with Crippen molar-refractivity contribution >= 4 is 11.9 Å². The van der Waals surface area contributed by atoms with Crippen LogP contribution in [-0.2, 0) is 9.59 Å². The van der Waals surface area contributed by atoms with E-state index in [1.165, 1.54) is 0 Å². The molecule has 6 nitrogen and oxygen atoms in total. The van der Waals surface area contributed by atoms with E-state index < -0.39 is 17.9 Å². The number of hydrogen-bond acceptors (Lipinski definition) is 4. The van der Waals surface area contributed by atoms with E-state index in [0.29, 0.717) is 0 Å². The van der Waals surface area contributed by atoms with E-state index in [9.17, 15) is 9.59 Å². The Balaban J connectivity index is 4.16. The normalized spacial score (nSPS) is 14.9. The van der Waals surface area contributed by atoms with Crippen molar-refractivity contribution in [2.24, 2.45) is 5.73 Å². The molecule has 0 rings (SSSR count). The van der Waals surface area contributed by atoms with E-state index in [4.69, 9.17) is 10.8 Å². The molecule has 1 unspecified atom stereocenters. The summed E-state index contributed by atoms with van der Waals surface area (Å²) < 4.78 is 0. The lowest BCUT2D eigenvalue weighted by atomic mass is 10.1. The zero-order valence-corrected chi connectivity index (χ0v) is 9.36. The van der Waals surface area contributed by atoms with Gasteiger partial charge in [-0.3, -0.25) is 19.8 Å². The molecule has 0 fully saturated rings. The molecule has 0 aromatic rings. The maximum Gasteiger partial charge on any atom is 0.320 e. The fourth-order valence-electron chi connectivity index (χ4n) is 1.00. The van der Waals surface area contributed by atoms with E-state index in [0.717, 1.165) is 0 Å². The minimum atomic E-state index is -0.968. The Morgan fingerprint density at radius 3 is 2.33 bits per heavy atom. The molecule has 1 amide bonds. The number of nitrogens with one attached hydrogen (secondary N) is 1. The highest BCUT2D eigenvalue weighted by Crippen LogP contribution is 2.00. The highest BCUT2D eigenvalue weighted by Gasteiger charge is 2.20. The zero-order valence-electron chi connectivity index (χ0n) is 9.36. The van der Waals surface area contributed by atoms with Crippen molar-refractivity contribution in [2.75, 3.05) is 14.1 Å². The average Bonchev–Trinajstić information content (AvgIpc) is 2.10. The number of nitrogens with zero attached hydrogens (tertiary/aromatic N) is 1. The standard InChI is InChI=1S/C9H19N3O3/c1-6(12(2)3)11-7(9(14)15)4-5-8(10)13/h6-7,11H,4-5H2,1-3H3,(H2,10,13)(H,14,15)/t6?,7-/m0/s1. The van der Waals surface area contributed by atoms with E-state index >= 15 is 0 Å². The number of carbonyl (C=O) groups is 2. The molecule has 88 valence electrons.